The largest absolute Gasteiger partial charge is 0.493 e. The molecular weight excluding hydrogens is 547 g/mol. The first-order valence-corrected chi connectivity index (χ1v) is 12.4. The predicted molar refractivity (Wildman–Crippen MR) is 133 cm³/mol. The van der Waals surface area contributed by atoms with Crippen molar-refractivity contribution in [3.8, 4) is 28.7 Å². The van der Waals surface area contributed by atoms with Gasteiger partial charge in [-0.3, -0.25) is 0 Å². The van der Waals surface area contributed by atoms with Crippen LogP contribution in [0.5, 0.6) is 28.7 Å². The molecule has 0 radical (unpaired) electrons. The Bertz CT molecular complexity index is 883. The van der Waals surface area contributed by atoms with Crippen LogP contribution in [0, 0.1) is 3.57 Å². The summed E-state index contributed by atoms with van der Waals surface area (Å²) >= 11 is 3.59. The Kier molecular flexibility index (Phi) is 9.45. The van der Waals surface area contributed by atoms with E-state index in [9.17, 15) is 0 Å². The fourth-order valence-electron chi connectivity index (χ4n) is 3.74. The van der Waals surface area contributed by atoms with E-state index in [0.717, 1.165) is 33.3 Å². The summed E-state index contributed by atoms with van der Waals surface area (Å²) in [5, 5.41) is 0. The number of hydrogen-bond acceptors (Lipinski definition) is 8. The Morgan fingerprint density at radius 1 is 0.812 bits per heavy atom. The second-order valence-corrected chi connectivity index (χ2v) is 8.75. The summed E-state index contributed by atoms with van der Waals surface area (Å²) in [5.74, 6) is 3.23. The molecule has 3 rings (SSSR count). The molecule has 7 nitrogen and oxygen atoms in total. The van der Waals surface area contributed by atoms with E-state index in [1.165, 1.54) is 12.0 Å². The number of hydrogen-bond donors (Lipinski definition) is 0. The van der Waals surface area contributed by atoms with Gasteiger partial charge in [-0.2, -0.15) is 0 Å². The second kappa shape index (κ2) is 12.1. The minimum absolute atomic E-state index is 0.0459. The topological polar surface area (TPSA) is 64.6 Å². The van der Waals surface area contributed by atoms with Crippen LogP contribution in [0.25, 0.3) is 0 Å². The minimum atomic E-state index is -0.0722. The molecule has 0 spiro atoms. The quantitative estimate of drug-likeness (QED) is 0.195. The lowest BCUT2D eigenvalue weighted by atomic mass is 10.0. The molecule has 0 bridgehead atoms. The molecule has 0 aromatic heterocycles. The molecule has 2 atom stereocenters. The van der Waals surface area contributed by atoms with Crippen LogP contribution in [-0.2, 0) is 8.92 Å². The fraction of sp³-hybridized carbons (Fsp3) is 0.478. The first-order chi connectivity index (χ1) is 15.6. The van der Waals surface area contributed by atoms with Gasteiger partial charge in [-0.1, -0.05) is 0 Å². The van der Waals surface area contributed by atoms with Gasteiger partial charge in [-0.05, 0) is 82.9 Å². The Morgan fingerprint density at radius 2 is 1.34 bits per heavy atom. The zero-order valence-corrected chi connectivity index (χ0v) is 21.9. The molecule has 0 saturated carbocycles. The molecule has 1 saturated heterocycles. The van der Waals surface area contributed by atoms with Crippen LogP contribution in [0.15, 0.2) is 24.3 Å². The van der Waals surface area contributed by atoms with Gasteiger partial charge in [0, 0.05) is 6.26 Å². The summed E-state index contributed by atoms with van der Waals surface area (Å²) < 4.78 is 40.6. The Hall–Kier alpha value is -1.56. The molecule has 32 heavy (non-hydrogen) atoms. The zero-order chi connectivity index (χ0) is 23.1. The molecule has 1 fully saturated rings. The molecular formula is C23H29IO7S. The van der Waals surface area contributed by atoms with Crippen molar-refractivity contribution in [2.24, 2.45) is 0 Å². The van der Waals surface area contributed by atoms with Crippen LogP contribution in [0.2, 0.25) is 0 Å². The van der Waals surface area contributed by atoms with E-state index in [1.807, 2.05) is 24.5 Å². The van der Waals surface area contributed by atoms with Gasteiger partial charge < -0.3 is 32.6 Å². The SMILES string of the molecule is COc1cc(C2CCC(c3cc(OC)c(OC)c(OC)c3)O2)cc(I)c1OCCOSC. The highest BCUT2D eigenvalue weighted by molar-refractivity contribution is 14.1. The first kappa shape index (κ1) is 25.1. The minimum Gasteiger partial charge on any atom is -0.493 e. The van der Waals surface area contributed by atoms with E-state index >= 15 is 0 Å². The number of benzene rings is 2. The average molecular weight is 576 g/mol. The Morgan fingerprint density at radius 3 is 1.84 bits per heavy atom. The summed E-state index contributed by atoms with van der Waals surface area (Å²) in [4.78, 5) is 0. The van der Waals surface area contributed by atoms with E-state index in [1.54, 1.807) is 28.4 Å². The second-order valence-electron chi connectivity index (χ2n) is 7.02. The van der Waals surface area contributed by atoms with Crippen LogP contribution in [0.1, 0.15) is 36.2 Å². The molecule has 1 heterocycles. The molecule has 176 valence electrons. The van der Waals surface area contributed by atoms with Gasteiger partial charge in [0.25, 0.3) is 0 Å². The molecule has 2 aromatic rings. The fourth-order valence-corrected chi connectivity index (χ4v) is 4.76. The van der Waals surface area contributed by atoms with Crippen LogP contribution in [-0.4, -0.2) is 47.9 Å². The van der Waals surface area contributed by atoms with Gasteiger partial charge in [0.2, 0.25) is 5.75 Å². The van der Waals surface area contributed by atoms with Gasteiger partial charge in [0.1, 0.15) is 6.61 Å². The van der Waals surface area contributed by atoms with Crippen molar-refractivity contribution in [3.05, 3.63) is 39.0 Å². The third-order valence-electron chi connectivity index (χ3n) is 5.23. The molecule has 1 aliphatic heterocycles. The average Bonchev–Trinajstić information content (AvgIpc) is 3.31. The summed E-state index contributed by atoms with van der Waals surface area (Å²) in [6.07, 6.45) is 3.54. The van der Waals surface area contributed by atoms with E-state index in [2.05, 4.69) is 28.7 Å². The van der Waals surface area contributed by atoms with Gasteiger partial charge in [0.05, 0.1) is 50.8 Å². The van der Waals surface area contributed by atoms with Crippen LogP contribution in [0.3, 0.4) is 0 Å². The molecule has 0 aliphatic carbocycles. The molecule has 1 aliphatic rings. The summed E-state index contributed by atoms with van der Waals surface area (Å²) in [5.41, 5.74) is 2.06. The van der Waals surface area contributed by atoms with Crippen molar-refractivity contribution in [2.45, 2.75) is 25.0 Å². The van der Waals surface area contributed by atoms with Crippen molar-refractivity contribution < 1.29 is 32.6 Å². The maximum absolute atomic E-state index is 6.44. The summed E-state index contributed by atoms with van der Waals surface area (Å²) in [7, 11) is 6.48. The van der Waals surface area contributed by atoms with Gasteiger partial charge in [0.15, 0.2) is 23.0 Å². The lowest BCUT2D eigenvalue weighted by Gasteiger charge is -2.19. The van der Waals surface area contributed by atoms with Crippen molar-refractivity contribution in [1.82, 2.24) is 0 Å². The van der Waals surface area contributed by atoms with Crippen molar-refractivity contribution in [1.29, 1.82) is 0 Å². The van der Waals surface area contributed by atoms with E-state index in [0.29, 0.717) is 36.2 Å². The third-order valence-corrected chi connectivity index (χ3v) is 6.44. The van der Waals surface area contributed by atoms with Crippen molar-refractivity contribution >= 4 is 34.6 Å². The molecule has 9 heteroatoms. The third kappa shape index (κ3) is 5.67. The summed E-state index contributed by atoms with van der Waals surface area (Å²) in [6, 6.07) is 7.99. The molecule has 0 amide bonds. The maximum atomic E-state index is 6.44. The van der Waals surface area contributed by atoms with E-state index in [-0.39, 0.29) is 12.2 Å². The number of halogens is 1. The van der Waals surface area contributed by atoms with Crippen molar-refractivity contribution in [2.75, 3.05) is 47.9 Å². The van der Waals surface area contributed by atoms with Gasteiger partial charge in [-0.15, -0.1) is 0 Å². The van der Waals surface area contributed by atoms with E-state index in [4.69, 9.17) is 32.6 Å². The smallest absolute Gasteiger partial charge is 0.203 e. The number of methoxy groups -OCH3 is 4. The normalized spacial score (nSPS) is 17.8. The summed E-state index contributed by atoms with van der Waals surface area (Å²) in [6.45, 7) is 0.958. The van der Waals surface area contributed by atoms with Gasteiger partial charge in [-0.25, -0.2) is 0 Å². The van der Waals surface area contributed by atoms with Crippen molar-refractivity contribution in [3.63, 3.8) is 0 Å². The maximum Gasteiger partial charge on any atom is 0.203 e. The highest BCUT2D eigenvalue weighted by Crippen LogP contribution is 2.47. The Labute approximate surface area is 207 Å². The number of rotatable bonds is 11. The van der Waals surface area contributed by atoms with E-state index < -0.39 is 0 Å². The standard InChI is InChI=1S/C23H29IO7S/c1-25-19-11-14(10-16(24)22(19)29-8-9-30-32-5)17-6-7-18(31-17)15-12-20(26-2)23(28-4)21(13-15)27-3/h10-13,17-18H,6-9H2,1-5H3. The lowest BCUT2D eigenvalue weighted by molar-refractivity contribution is 0.0436. The molecule has 0 N–H and O–H groups in total. The first-order valence-electron chi connectivity index (χ1n) is 10.2. The zero-order valence-electron chi connectivity index (χ0n) is 18.9. The van der Waals surface area contributed by atoms with Gasteiger partial charge >= 0.3 is 0 Å². The molecule has 2 aromatic carbocycles. The van der Waals surface area contributed by atoms with Crippen LogP contribution in [0.4, 0.5) is 0 Å². The lowest BCUT2D eigenvalue weighted by Crippen LogP contribution is -2.07. The van der Waals surface area contributed by atoms with Crippen LogP contribution < -0.4 is 23.7 Å². The Balaban J connectivity index is 1.78. The van der Waals surface area contributed by atoms with Crippen LogP contribution >= 0.6 is 34.6 Å². The highest BCUT2D eigenvalue weighted by Gasteiger charge is 2.30. The predicted octanol–water partition coefficient (Wildman–Crippen LogP) is 5.59. The highest BCUT2D eigenvalue weighted by atomic mass is 127. The molecule has 2 unspecified atom stereocenters. The number of ether oxygens (including phenoxy) is 6. The monoisotopic (exact) mass is 576 g/mol.